The third-order valence-electron chi connectivity index (χ3n) is 4.19. The van der Waals surface area contributed by atoms with E-state index >= 15 is 0 Å². The fraction of sp³-hybridized carbons (Fsp3) is 0.0952. The van der Waals surface area contributed by atoms with Crippen LogP contribution in [0.4, 0.5) is 11.5 Å². The van der Waals surface area contributed by atoms with Gasteiger partial charge in [0.1, 0.15) is 17.2 Å². The molecule has 0 saturated heterocycles. The van der Waals surface area contributed by atoms with E-state index in [1.807, 2.05) is 12.1 Å². The van der Waals surface area contributed by atoms with Gasteiger partial charge in [-0.25, -0.2) is 4.98 Å². The predicted molar refractivity (Wildman–Crippen MR) is 108 cm³/mol. The van der Waals surface area contributed by atoms with Crippen molar-refractivity contribution < 1.29 is 0 Å². The number of anilines is 2. The average molecular weight is 392 g/mol. The van der Waals surface area contributed by atoms with E-state index in [1.165, 1.54) is 11.1 Å². The maximum absolute atomic E-state index is 4.88. The Morgan fingerprint density at radius 3 is 2.48 bits per heavy atom. The van der Waals surface area contributed by atoms with E-state index in [-0.39, 0.29) is 0 Å². The minimum Gasteiger partial charge on any atom is -0.339 e. The molecule has 0 fully saturated rings. The molecule has 0 amide bonds. The molecule has 4 rings (SSSR count). The highest BCUT2D eigenvalue weighted by molar-refractivity contribution is 9.10. The summed E-state index contributed by atoms with van der Waals surface area (Å²) in [6.45, 7) is 4.17. The van der Waals surface area contributed by atoms with Crippen molar-refractivity contribution >= 4 is 33.1 Å². The van der Waals surface area contributed by atoms with Crippen LogP contribution in [0, 0.1) is 13.8 Å². The van der Waals surface area contributed by atoms with Crippen molar-refractivity contribution in [3.8, 4) is 11.3 Å². The molecule has 0 saturated carbocycles. The molecule has 124 valence electrons. The van der Waals surface area contributed by atoms with Gasteiger partial charge in [-0.3, -0.25) is 4.40 Å². The SMILES string of the molecule is Cc1ccc(Nc2c(-c3cccc(Br)c3)nc3cc(C)ccn23)cc1. The van der Waals surface area contributed by atoms with Crippen LogP contribution < -0.4 is 5.32 Å². The summed E-state index contributed by atoms with van der Waals surface area (Å²) in [6.07, 6.45) is 2.07. The number of fused-ring (bicyclic) bond motifs is 1. The highest BCUT2D eigenvalue weighted by Gasteiger charge is 2.14. The number of aromatic nitrogens is 2. The number of aryl methyl sites for hydroxylation is 2. The lowest BCUT2D eigenvalue weighted by atomic mass is 10.1. The van der Waals surface area contributed by atoms with Crippen LogP contribution in [0.15, 0.2) is 71.3 Å². The van der Waals surface area contributed by atoms with E-state index < -0.39 is 0 Å². The van der Waals surface area contributed by atoms with E-state index in [4.69, 9.17) is 4.98 Å². The quantitative estimate of drug-likeness (QED) is 0.455. The van der Waals surface area contributed by atoms with Gasteiger partial charge in [0, 0.05) is 21.9 Å². The second-order valence-electron chi connectivity index (χ2n) is 6.24. The first-order valence-electron chi connectivity index (χ1n) is 8.18. The van der Waals surface area contributed by atoms with E-state index in [9.17, 15) is 0 Å². The number of imidazole rings is 1. The Labute approximate surface area is 155 Å². The number of benzene rings is 2. The van der Waals surface area contributed by atoms with Gasteiger partial charge >= 0.3 is 0 Å². The van der Waals surface area contributed by atoms with E-state index in [0.717, 1.165) is 32.9 Å². The van der Waals surface area contributed by atoms with Gasteiger partial charge in [0.05, 0.1) is 0 Å². The van der Waals surface area contributed by atoms with Crippen LogP contribution in [0.1, 0.15) is 11.1 Å². The summed E-state index contributed by atoms with van der Waals surface area (Å²) in [6, 6.07) is 20.8. The first-order chi connectivity index (χ1) is 12.1. The van der Waals surface area contributed by atoms with Crippen LogP contribution in [0.5, 0.6) is 0 Å². The van der Waals surface area contributed by atoms with Gasteiger partial charge < -0.3 is 5.32 Å². The lowest BCUT2D eigenvalue weighted by Crippen LogP contribution is -1.97. The number of hydrogen-bond donors (Lipinski definition) is 1. The zero-order valence-corrected chi connectivity index (χ0v) is 15.7. The summed E-state index contributed by atoms with van der Waals surface area (Å²) in [4.78, 5) is 4.88. The van der Waals surface area contributed by atoms with Crippen molar-refractivity contribution in [2.45, 2.75) is 13.8 Å². The zero-order valence-electron chi connectivity index (χ0n) is 14.1. The van der Waals surface area contributed by atoms with Crippen molar-refractivity contribution in [1.82, 2.24) is 9.38 Å². The maximum atomic E-state index is 4.88. The second kappa shape index (κ2) is 6.37. The number of nitrogens with one attached hydrogen (secondary N) is 1. The lowest BCUT2D eigenvalue weighted by molar-refractivity contribution is 1.17. The summed E-state index contributed by atoms with van der Waals surface area (Å²) in [7, 11) is 0. The molecule has 2 aromatic heterocycles. The summed E-state index contributed by atoms with van der Waals surface area (Å²) >= 11 is 3.56. The molecule has 2 aromatic carbocycles. The average Bonchev–Trinajstić information content (AvgIpc) is 2.94. The predicted octanol–water partition coefficient (Wildman–Crippen LogP) is 6.12. The third-order valence-corrected chi connectivity index (χ3v) is 4.69. The van der Waals surface area contributed by atoms with Crippen LogP contribution in [0.25, 0.3) is 16.9 Å². The standard InChI is InChI=1S/C21H18BrN3/c1-14-6-8-18(9-7-14)23-21-20(16-4-3-5-17(22)13-16)24-19-12-15(2)10-11-25(19)21/h3-13,23H,1-2H3. The molecule has 0 unspecified atom stereocenters. The Morgan fingerprint density at radius 2 is 1.72 bits per heavy atom. The van der Waals surface area contributed by atoms with Crippen LogP contribution in [-0.4, -0.2) is 9.38 Å². The molecule has 4 aromatic rings. The monoisotopic (exact) mass is 391 g/mol. The van der Waals surface area contributed by atoms with Gasteiger partial charge in [-0.2, -0.15) is 0 Å². The lowest BCUT2D eigenvalue weighted by Gasteiger charge is -2.09. The van der Waals surface area contributed by atoms with Crippen molar-refractivity contribution in [1.29, 1.82) is 0 Å². The maximum Gasteiger partial charge on any atom is 0.143 e. The van der Waals surface area contributed by atoms with Gasteiger partial charge in [0.2, 0.25) is 0 Å². The molecule has 0 spiro atoms. The first kappa shape index (κ1) is 15.9. The van der Waals surface area contributed by atoms with Crippen LogP contribution in [0.3, 0.4) is 0 Å². The van der Waals surface area contributed by atoms with Crippen molar-refractivity contribution in [3.63, 3.8) is 0 Å². The Hall–Kier alpha value is -2.59. The Balaban J connectivity index is 1.90. The summed E-state index contributed by atoms with van der Waals surface area (Å²) in [5.41, 5.74) is 6.43. The minimum absolute atomic E-state index is 0.935. The highest BCUT2D eigenvalue weighted by atomic mass is 79.9. The molecule has 3 nitrogen and oxygen atoms in total. The fourth-order valence-corrected chi connectivity index (χ4v) is 3.28. The Kier molecular flexibility index (Phi) is 4.06. The van der Waals surface area contributed by atoms with E-state index in [0.29, 0.717) is 0 Å². The Bertz CT molecular complexity index is 1050. The van der Waals surface area contributed by atoms with E-state index in [1.54, 1.807) is 0 Å². The number of nitrogens with zero attached hydrogens (tertiary/aromatic N) is 2. The summed E-state index contributed by atoms with van der Waals surface area (Å²) < 4.78 is 3.14. The van der Waals surface area contributed by atoms with Crippen molar-refractivity contribution in [2.24, 2.45) is 0 Å². The number of halogens is 1. The molecule has 0 atom stereocenters. The number of pyridine rings is 1. The van der Waals surface area contributed by atoms with Gasteiger partial charge in [-0.15, -0.1) is 0 Å². The van der Waals surface area contributed by atoms with Gasteiger partial charge in [0.25, 0.3) is 0 Å². The molecule has 0 radical (unpaired) electrons. The van der Waals surface area contributed by atoms with Crippen molar-refractivity contribution in [2.75, 3.05) is 5.32 Å². The smallest absolute Gasteiger partial charge is 0.143 e. The molecule has 1 N–H and O–H groups in total. The minimum atomic E-state index is 0.935. The molecule has 0 aliphatic rings. The topological polar surface area (TPSA) is 29.3 Å². The molecule has 0 aliphatic carbocycles. The molecular weight excluding hydrogens is 374 g/mol. The first-order valence-corrected chi connectivity index (χ1v) is 8.98. The van der Waals surface area contributed by atoms with Gasteiger partial charge in [-0.05, 0) is 55.8 Å². The molecule has 4 heteroatoms. The van der Waals surface area contributed by atoms with Crippen LogP contribution in [-0.2, 0) is 0 Å². The molecule has 2 heterocycles. The largest absolute Gasteiger partial charge is 0.339 e. The zero-order chi connectivity index (χ0) is 17.4. The van der Waals surface area contributed by atoms with Gasteiger partial charge in [-0.1, -0.05) is 45.8 Å². The Morgan fingerprint density at radius 1 is 0.920 bits per heavy atom. The highest BCUT2D eigenvalue weighted by Crippen LogP contribution is 2.32. The molecular formula is C21H18BrN3. The van der Waals surface area contributed by atoms with Crippen LogP contribution in [0.2, 0.25) is 0 Å². The summed E-state index contributed by atoms with van der Waals surface area (Å²) in [5.74, 6) is 0.969. The number of rotatable bonds is 3. The third kappa shape index (κ3) is 3.17. The summed E-state index contributed by atoms with van der Waals surface area (Å²) in [5, 5.41) is 3.55. The van der Waals surface area contributed by atoms with Crippen LogP contribution >= 0.6 is 15.9 Å². The molecule has 0 bridgehead atoms. The molecule has 25 heavy (non-hydrogen) atoms. The number of hydrogen-bond acceptors (Lipinski definition) is 2. The van der Waals surface area contributed by atoms with Crippen molar-refractivity contribution in [3.05, 3.63) is 82.5 Å². The van der Waals surface area contributed by atoms with Gasteiger partial charge in [0.15, 0.2) is 0 Å². The van der Waals surface area contributed by atoms with E-state index in [2.05, 4.69) is 94.2 Å². The fourth-order valence-electron chi connectivity index (χ4n) is 2.88. The normalized spacial score (nSPS) is 11.0. The molecule has 0 aliphatic heterocycles. The second-order valence-corrected chi connectivity index (χ2v) is 7.16.